The van der Waals surface area contributed by atoms with Crippen LogP contribution >= 0.6 is 11.3 Å². The molecule has 1 aromatic carbocycles. The first kappa shape index (κ1) is 17.0. The van der Waals surface area contributed by atoms with Crippen molar-refractivity contribution in [3.8, 4) is 5.75 Å². The standard InChI is InChI=1S/C18H21N5OS/c1-2-24-14-7-5-13(6-8-14)23-18-16(19)17(21-12-22-18)20-10-9-15-4-3-11-25-15/h3-8,11-12H,2,9-10,19H2,1H3,(H2,20,21,22,23). The van der Waals surface area contributed by atoms with Crippen molar-refractivity contribution in [3.05, 3.63) is 53.0 Å². The third-order valence-corrected chi connectivity index (χ3v) is 4.49. The average molecular weight is 355 g/mol. The van der Waals surface area contributed by atoms with Gasteiger partial charge in [-0.2, -0.15) is 0 Å². The van der Waals surface area contributed by atoms with Crippen molar-refractivity contribution < 1.29 is 4.74 Å². The molecule has 0 aliphatic carbocycles. The summed E-state index contributed by atoms with van der Waals surface area (Å²) in [5, 5.41) is 8.57. The Bertz CT molecular complexity index is 790. The number of nitrogen functional groups attached to an aromatic ring is 1. The summed E-state index contributed by atoms with van der Waals surface area (Å²) in [4.78, 5) is 9.80. The van der Waals surface area contributed by atoms with Gasteiger partial charge in [-0.1, -0.05) is 6.07 Å². The van der Waals surface area contributed by atoms with E-state index in [1.54, 1.807) is 11.3 Å². The number of benzene rings is 1. The Balaban J connectivity index is 1.63. The van der Waals surface area contributed by atoms with Crippen LogP contribution in [0.2, 0.25) is 0 Å². The van der Waals surface area contributed by atoms with Gasteiger partial charge in [-0.25, -0.2) is 9.97 Å². The normalized spacial score (nSPS) is 10.4. The second-order valence-electron chi connectivity index (χ2n) is 5.32. The minimum Gasteiger partial charge on any atom is -0.494 e. The van der Waals surface area contributed by atoms with Crippen molar-refractivity contribution in [2.24, 2.45) is 0 Å². The highest BCUT2D eigenvalue weighted by molar-refractivity contribution is 7.09. The summed E-state index contributed by atoms with van der Waals surface area (Å²) >= 11 is 1.75. The number of rotatable bonds is 8. The maximum atomic E-state index is 6.20. The maximum absolute atomic E-state index is 6.20. The maximum Gasteiger partial charge on any atom is 0.159 e. The molecular formula is C18H21N5OS. The summed E-state index contributed by atoms with van der Waals surface area (Å²) in [6.45, 7) is 3.37. The van der Waals surface area contributed by atoms with E-state index >= 15 is 0 Å². The van der Waals surface area contributed by atoms with Crippen LogP contribution in [0.25, 0.3) is 0 Å². The lowest BCUT2D eigenvalue weighted by Crippen LogP contribution is -2.10. The molecule has 6 nitrogen and oxygen atoms in total. The minimum atomic E-state index is 0.502. The molecule has 7 heteroatoms. The lowest BCUT2D eigenvalue weighted by molar-refractivity contribution is 0.340. The van der Waals surface area contributed by atoms with Crippen molar-refractivity contribution in [3.63, 3.8) is 0 Å². The van der Waals surface area contributed by atoms with Crippen LogP contribution in [0.4, 0.5) is 23.0 Å². The Kier molecular flexibility index (Phi) is 5.69. The van der Waals surface area contributed by atoms with E-state index < -0.39 is 0 Å². The van der Waals surface area contributed by atoms with E-state index in [1.807, 2.05) is 31.2 Å². The van der Waals surface area contributed by atoms with Crippen LogP contribution in [0.3, 0.4) is 0 Å². The Labute approximate surface area is 151 Å². The summed E-state index contributed by atoms with van der Waals surface area (Å²) in [5.41, 5.74) is 7.59. The molecule has 0 amide bonds. The molecule has 4 N–H and O–H groups in total. The van der Waals surface area contributed by atoms with E-state index in [9.17, 15) is 0 Å². The molecule has 3 aromatic rings. The molecule has 25 heavy (non-hydrogen) atoms. The summed E-state index contributed by atoms with van der Waals surface area (Å²) in [5.74, 6) is 2.05. The Morgan fingerprint density at radius 1 is 1.12 bits per heavy atom. The number of thiophene rings is 1. The first-order valence-electron chi connectivity index (χ1n) is 8.13. The third kappa shape index (κ3) is 4.60. The Morgan fingerprint density at radius 3 is 2.64 bits per heavy atom. The summed E-state index contributed by atoms with van der Waals surface area (Å²) in [7, 11) is 0. The molecule has 0 spiro atoms. The van der Waals surface area contributed by atoms with Gasteiger partial charge in [-0.3, -0.25) is 0 Å². The lowest BCUT2D eigenvalue weighted by atomic mass is 10.3. The van der Waals surface area contributed by atoms with Gasteiger partial charge >= 0.3 is 0 Å². The van der Waals surface area contributed by atoms with Gasteiger partial charge in [0.15, 0.2) is 11.6 Å². The van der Waals surface area contributed by atoms with Gasteiger partial charge in [0.25, 0.3) is 0 Å². The molecule has 0 saturated heterocycles. The van der Waals surface area contributed by atoms with E-state index in [-0.39, 0.29) is 0 Å². The van der Waals surface area contributed by atoms with Crippen LogP contribution in [-0.2, 0) is 6.42 Å². The molecule has 0 aliphatic heterocycles. The highest BCUT2D eigenvalue weighted by atomic mass is 32.1. The number of nitrogens with one attached hydrogen (secondary N) is 2. The highest BCUT2D eigenvalue weighted by Gasteiger charge is 2.08. The van der Waals surface area contributed by atoms with Crippen LogP contribution in [-0.4, -0.2) is 23.1 Å². The largest absolute Gasteiger partial charge is 0.494 e. The van der Waals surface area contributed by atoms with E-state index in [4.69, 9.17) is 10.5 Å². The fraction of sp³-hybridized carbons (Fsp3) is 0.222. The fourth-order valence-corrected chi connectivity index (χ4v) is 3.04. The molecule has 0 atom stereocenters. The summed E-state index contributed by atoms with van der Waals surface area (Å²) in [6, 6.07) is 11.8. The van der Waals surface area contributed by atoms with Gasteiger partial charge < -0.3 is 21.1 Å². The molecular weight excluding hydrogens is 334 g/mol. The Hall–Kier alpha value is -2.80. The second kappa shape index (κ2) is 8.34. The van der Waals surface area contributed by atoms with Crippen molar-refractivity contribution in [1.29, 1.82) is 0 Å². The minimum absolute atomic E-state index is 0.502. The Morgan fingerprint density at radius 2 is 1.92 bits per heavy atom. The second-order valence-corrected chi connectivity index (χ2v) is 6.36. The molecule has 0 aliphatic rings. The lowest BCUT2D eigenvalue weighted by Gasteiger charge is -2.12. The van der Waals surface area contributed by atoms with Crippen molar-refractivity contribution in [2.45, 2.75) is 13.3 Å². The molecule has 0 radical (unpaired) electrons. The van der Waals surface area contributed by atoms with E-state index in [0.29, 0.717) is 23.9 Å². The van der Waals surface area contributed by atoms with Crippen molar-refractivity contribution >= 4 is 34.3 Å². The first-order valence-corrected chi connectivity index (χ1v) is 9.01. The first-order chi connectivity index (χ1) is 12.3. The zero-order valence-corrected chi connectivity index (χ0v) is 14.8. The predicted molar refractivity (Wildman–Crippen MR) is 104 cm³/mol. The number of anilines is 4. The zero-order chi connectivity index (χ0) is 17.5. The van der Waals surface area contributed by atoms with Crippen LogP contribution in [0.15, 0.2) is 48.1 Å². The molecule has 0 saturated carbocycles. The van der Waals surface area contributed by atoms with Gasteiger partial charge in [-0.05, 0) is 49.1 Å². The SMILES string of the molecule is CCOc1ccc(Nc2ncnc(NCCc3cccs3)c2N)cc1. The van der Waals surface area contributed by atoms with Crippen LogP contribution in [0.5, 0.6) is 5.75 Å². The molecule has 0 fully saturated rings. The van der Waals surface area contributed by atoms with Crippen LogP contribution in [0, 0.1) is 0 Å². The van der Waals surface area contributed by atoms with Gasteiger partial charge in [0.2, 0.25) is 0 Å². The zero-order valence-electron chi connectivity index (χ0n) is 14.0. The molecule has 2 aromatic heterocycles. The van der Waals surface area contributed by atoms with Crippen LogP contribution < -0.4 is 21.1 Å². The molecule has 0 bridgehead atoms. The third-order valence-electron chi connectivity index (χ3n) is 3.56. The average Bonchev–Trinajstić information content (AvgIpc) is 3.13. The van der Waals surface area contributed by atoms with Gasteiger partial charge in [-0.15, -0.1) is 11.3 Å². The van der Waals surface area contributed by atoms with Crippen LogP contribution in [0.1, 0.15) is 11.8 Å². The van der Waals surface area contributed by atoms with Crippen molar-refractivity contribution in [1.82, 2.24) is 9.97 Å². The number of ether oxygens (including phenoxy) is 1. The number of aromatic nitrogens is 2. The van der Waals surface area contributed by atoms with E-state index in [2.05, 4.69) is 38.1 Å². The molecule has 130 valence electrons. The summed E-state index contributed by atoms with van der Waals surface area (Å²) in [6.07, 6.45) is 2.43. The molecule has 3 rings (SSSR count). The van der Waals surface area contributed by atoms with Gasteiger partial charge in [0.05, 0.1) is 6.61 Å². The molecule has 0 unspecified atom stereocenters. The van der Waals surface area contributed by atoms with E-state index in [0.717, 1.165) is 24.4 Å². The number of nitrogens with two attached hydrogens (primary N) is 1. The van der Waals surface area contributed by atoms with Gasteiger partial charge in [0, 0.05) is 17.1 Å². The van der Waals surface area contributed by atoms with Crippen molar-refractivity contribution in [2.75, 3.05) is 29.5 Å². The highest BCUT2D eigenvalue weighted by Crippen LogP contribution is 2.26. The topological polar surface area (TPSA) is 85.1 Å². The number of hydrogen-bond acceptors (Lipinski definition) is 7. The fourth-order valence-electron chi connectivity index (χ4n) is 2.33. The number of hydrogen-bond donors (Lipinski definition) is 3. The predicted octanol–water partition coefficient (Wildman–Crippen LogP) is 3.92. The molecule has 2 heterocycles. The summed E-state index contributed by atoms with van der Waals surface area (Å²) < 4.78 is 5.44. The van der Waals surface area contributed by atoms with E-state index in [1.165, 1.54) is 11.2 Å². The monoisotopic (exact) mass is 355 g/mol. The number of nitrogens with zero attached hydrogens (tertiary/aromatic N) is 2. The smallest absolute Gasteiger partial charge is 0.159 e. The van der Waals surface area contributed by atoms with Gasteiger partial charge in [0.1, 0.15) is 17.8 Å². The quantitative estimate of drug-likeness (QED) is 0.568.